The smallest absolute Gasteiger partial charge is 0.00385 e. The molecule has 1 saturated heterocycles. The molecule has 0 aromatic carbocycles. The van der Waals surface area contributed by atoms with Crippen LogP contribution in [0.3, 0.4) is 0 Å². The molecule has 1 rings (SSSR count). The van der Waals surface area contributed by atoms with Crippen molar-refractivity contribution >= 4 is 0 Å². The predicted molar refractivity (Wildman–Crippen MR) is 56.5 cm³/mol. The van der Waals surface area contributed by atoms with Crippen molar-refractivity contribution < 1.29 is 0 Å². The number of hydrogen-bond acceptors (Lipinski definition) is 3. The zero-order valence-electron chi connectivity index (χ0n) is 8.92. The van der Waals surface area contributed by atoms with Gasteiger partial charge >= 0.3 is 0 Å². The van der Waals surface area contributed by atoms with E-state index in [1.54, 1.807) is 0 Å². The Kier molecular flexibility index (Phi) is 3.71. The monoisotopic (exact) mass is 185 g/mol. The lowest BCUT2D eigenvalue weighted by molar-refractivity contribution is 0.0935. The Hall–Kier alpha value is -0.120. The van der Waals surface area contributed by atoms with Gasteiger partial charge in [-0.25, -0.2) is 0 Å². The Morgan fingerprint density at radius 3 is 1.92 bits per heavy atom. The molecule has 0 saturated carbocycles. The van der Waals surface area contributed by atoms with Crippen molar-refractivity contribution in [3.05, 3.63) is 0 Å². The van der Waals surface area contributed by atoms with E-state index < -0.39 is 0 Å². The fourth-order valence-electron chi connectivity index (χ4n) is 2.01. The molecule has 0 unspecified atom stereocenters. The fourth-order valence-corrected chi connectivity index (χ4v) is 2.01. The van der Waals surface area contributed by atoms with Crippen molar-refractivity contribution in [3.8, 4) is 0 Å². The van der Waals surface area contributed by atoms with Crippen LogP contribution in [0, 0.1) is 5.41 Å². The molecule has 1 aliphatic heterocycles. The summed E-state index contributed by atoms with van der Waals surface area (Å²) in [6, 6.07) is 0.661. The first-order chi connectivity index (χ1) is 6.13. The number of nitrogens with two attached hydrogens (primary N) is 2. The number of rotatable bonds is 3. The average Bonchev–Trinajstić information content (AvgIpc) is 2.18. The van der Waals surface area contributed by atoms with Crippen molar-refractivity contribution in [2.75, 3.05) is 26.2 Å². The highest BCUT2D eigenvalue weighted by Gasteiger charge is 2.32. The molecule has 13 heavy (non-hydrogen) atoms. The summed E-state index contributed by atoms with van der Waals surface area (Å²) in [7, 11) is 0. The van der Waals surface area contributed by atoms with E-state index >= 15 is 0 Å². The Bertz CT molecular complexity index is 142. The number of hydrogen-bond donors (Lipinski definition) is 2. The topological polar surface area (TPSA) is 55.3 Å². The maximum absolute atomic E-state index is 5.77. The molecule has 3 heteroatoms. The molecule has 0 amide bonds. The molecule has 0 aromatic heterocycles. The number of likely N-dealkylation sites (tertiary alicyclic amines) is 1. The van der Waals surface area contributed by atoms with Crippen LogP contribution in [0.4, 0.5) is 0 Å². The van der Waals surface area contributed by atoms with Gasteiger partial charge in [0.2, 0.25) is 0 Å². The summed E-state index contributed by atoms with van der Waals surface area (Å²) in [6.45, 7) is 8.30. The molecule has 1 aliphatic rings. The average molecular weight is 185 g/mol. The quantitative estimate of drug-likeness (QED) is 0.669. The van der Waals surface area contributed by atoms with E-state index in [1.165, 1.54) is 0 Å². The van der Waals surface area contributed by atoms with Crippen LogP contribution in [0.5, 0.6) is 0 Å². The van der Waals surface area contributed by atoms with Crippen LogP contribution in [0.25, 0.3) is 0 Å². The number of nitrogens with zero attached hydrogens (tertiary/aromatic N) is 1. The largest absolute Gasteiger partial charge is 0.330 e. The molecule has 1 heterocycles. The van der Waals surface area contributed by atoms with E-state index in [1.807, 2.05) is 0 Å². The number of piperidine rings is 1. The lowest BCUT2D eigenvalue weighted by atomic mass is 9.78. The molecule has 1 fully saturated rings. The van der Waals surface area contributed by atoms with Crippen LogP contribution in [0.15, 0.2) is 0 Å². The summed E-state index contributed by atoms with van der Waals surface area (Å²) in [5.41, 5.74) is 11.8. The molecule has 0 spiro atoms. The summed E-state index contributed by atoms with van der Waals surface area (Å²) < 4.78 is 0. The van der Waals surface area contributed by atoms with Crippen LogP contribution >= 0.6 is 0 Å². The highest BCUT2D eigenvalue weighted by atomic mass is 15.2. The van der Waals surface area contributed by atoms with Gasteiger partial charge in [0.05, 0.1) is 0 Å². The van der Waals surface area contributed by atoms with Crippen LogP contribution in [0.1, 0.15) is 26.7 Å². The van der Waals surface area contributed by atoms with Crippen LogP contribution < -0.4 is 11.5 Å². The maximum atomic E-state index is 5.77. The van der Waals surface area contributed by atoms with Crippen molar-refractivity contribution in [2.45, 2.75) is 32.7 Å². The van der Waals surface area contributed by atoms with Crippen molar-refractivity contribution in [3.63, 3.8) is 0 Å². The van der Waals surface area contributed by atoms with Crippen LogP contribution in [0.2, 0.25) is 0 Å². The van der Waals surface area contributed by atoms with E-state index in [4.69, 9.17) is 11.5 Å². The van der Waals surface area contributed by atoms with Gasteiger partial charge in [-0.2, -0.15) is 0 Å². The third kappa shape index (κ3) is 2.42. The molecule has 0 atom stereocenters. The highest BCUT2D eigenvalue weighted by Crippen LogP contribution is 2.29. The highest BCUT2D eigenvalue weighted by molar-refractivity contribution is 4.88. The summed E-state index contributed by atoms with van der Waals surface area (Å²) in [4.78, 5) is 2.50. The summed E-state index contributed by atoms with van der Waals surface area (Å²) in [5, 5.41) is 0. The van der Waals surface area contributed by atoms with E-state index in [0.717, 1.165) is 39.0 Å². The van der Waals surface area contributed by atoms with Gasteiger partial charge in [-0.3, -0.25) is 0 Å². The van der Waals surface area contributed by atoms with Gasteiger partial charge in [0.25, 0.3) is 0 Å². The maximum Gasteiger partial charge on any atom is 0.00385 e. The van der Waals surface area contributed by atoms with Gasteiger partial charge in [0, 0.05) is 6.04 Å². The van der Waals surface area contributed by atoms with E-state index in [0.29, 0.717) is 6.04 Å². The first-order valence-electron chi connectivity index (χ1n) is 5.28. The van der Waals surface area contributed by atoms with Crippen molar-refractivity contribution in [1.29, 1.82) is 0 Å². The minimum Gasteiger partial charge on any atom is -0.330 e. The second-order valence-corrected chi connectivity index (χ2v) is 4.54. The lowest BCUT2D eigenvalue weighted by Gasteiger charge is -2.42. The molecule has 78 valence electrons. The Morgan fingerprint density at radius 1 is 1.15 bits per heavy atom. The van der Waals surface area contributed by atoms with Gasteiger partial charge in [-0.15, -0.1) is 0 Å². The fraction of sp³-hybridized carbons (Fsp3) is 1.00. The van der Waals surface area contributed by atoms with E-state index in [-0.39, 0.29) is 5.41 Å². The molecule has 0 bridgehead atoms. The lowest BCUT2D eigenvalue weighted by Crippen LogP contribution is -2.49. The molecule has 3 nitrogen and oxygen atoms in total. The summed E-state index contributed by atoms with van der Waals surface area (Å²) in [5.74, 6) is 0. The molecule has 0 aliphatic carbocycles. The second kappa shape index (κ2) is 4.40. The van der Waals surface area contributed by atoms with Crippen LogP contribution in [-0.4, -0.2) is 37.1 Å². The van der Waals surface area contributed by atoms with Gasteiger partial charge in [0.1, 0.15) is 0 Å². The predicted octanol–water partition coefficient (Wildman–Crippen LogP) is 0.394. The molecule has 0 aromatic rings. The van der Waals surface area contributed by atoms with Crippen molar-refractivity contribution in [2.24, 2.45) is 16.9 Å². The summed E-state index contributed by atoms with van der Waals surface area (Å²) in [6.07, 6.45) is 2.33. The minimum absolute atomic E-state index is 0.241. The van der Waals surface area contributed by atoms with Gasteiger partial charge < -0.3 is 16.4 Å². The Morgan fingerprint density at radius 2 is 1.62 bits per heavy atom. The second-order valence-electron chi connectivity index (χ2n) is 4.54. The van der Waals surface area contributed by atoms with Gasteiger partial charge in [0.15, 0.2) is 0 Å². The normalized spacial score (nSPS) is 23.8. The van der Waals surface area contributed by atoms with E-state index in [9.17, 15) is 0 Å². The Balaban J connectivity index is 2.45. The SMILES string of the molecule is CC(C)N1CCC(CN)(CN)CC1. The minimum atomic E-state index is 0.241. The van der Waals surface area contributed by atoms with Crippen LogP contribution in [-0.2, 0) is 0 Å². The molecule has 0 radical (unpaired) electrons. The zero-order valence-corrected chi connectivity index (χ0v) is 8.92. The Labute approximate surface area is 81.5 Å². The first kappa shape index (κ1) is 11.0. The first-order valence-corrected chi connectivity index (χ1v) is 5.28. The van der Waals surface area contributed by atoms with Crippen molar-refractivity contribution in [1.82, 2.24) is 4.90 Å². The summed E-state index contributed by atoms with van der Waals surface area (Å²) >= 11 is 0. The zero-order chi connectivity index (χ0) is 9.90. The third-order valence-electron chi connectivity index (χ3n) is 3.46. The van der Waals surface area contributed by atoms with E-state index in [2.05, 4.69) is 18.7 Å². The molecule has 4 N–H and O–H groups in total. The molecular weight excluding hydrogens is 162 g/mol. The van der Waals surface area contributed by atoms with Gasteiger partial charge in [-0.05, 0) is 58.3 Å². The third-order valence-corrected chi connectivity index (χ3v) is 3.46. The molecular formula is C10H23N3. The van der Waals surface area contributed by atoms with Gasteiger partial charge in [-0.1, -0.05) is 0 Å². The standard InChI is InChI=1S/C10H23N3/c1-9(2)13-5-3-10(7-11,8-12)4-6-13/h9H,3-8,11-12H2,1-2H3.